The van der Waals surface area contributed by atoms with Crippen molar-refractivity contribution in [1.29, 1.82) is 0 Å². The largest absolute Gasteiger partial charge is 0.495 e. The molecule has 7 heteroatoms. The Morgan fingerprint density at radius 2 is 1.73 bits per heavy atom. The number of ether oxygens (including phenoxy) is 1. The molecule has 6 nitrogen and oxygen atoms in total. The third kappa shape index (κ3) is 3.22. The maximum atomic E-state index is 14.5. The van der Waals surface area contributed by atoms with Gasteiger partial charge in [-0.05, 0) is 35.9 Å². The van der Waals surface area contributed by atoms with Crippen molar-refractivity contribution < 1.29 is 9.13 Å². The van der Waals surface area contributed by atoms with Crippen LogP contribution in [0.4, 0.5) is 4.39 Å². The highest BCUT2D eigenvalue weighted by molar-refractivity contribution is 6.01. The molecule has 33 heavy (non-hydrogen) atoms. The van der Waals surface area contributed by atoms with Crippen LogP contribution in [0.2, 0.25) is 0 Å². The van der Waals surface area contributed by atoms with Crippen LogP contribution in [0.3, 0.4) is 0 Å². The predicted octanol–water partition coefficient (Wildman–Crippen LogP) is 5.98. The summed E-state index contributed by atoms with van der Waals surface area (Å²) in [5, 5.41) is 9.44. The number of methoxy groups -OCH3 is 1. The SMILES string of the molecule is COc1cncc(-c2cc3c(-c4cc5c(-c6ccccc6F)cccc5[nH]4)n[nH]c3cn2)c1. The van der Waals surface area contributed by atoms with Gasteiger partial charge in [0.15, 0.2) is 0 Å². The highest BCUT2D eigenvalue weighted by Gasteiger charge is 2.16. The maximum absolute atomic E-state index is 14.5. The van der Waals surface area contributed by atoms with E-state index in [1.165, 1.54) is 6.07 Å². The third-order valence-corrected chi connectivity index (χ3v) is 5.78. The summed E-state index contributed by atoms with van der Waals surface area (Å²) >= 11 is 0. The lowest BCUT2D eigenvalue weighted by molar-refractivity contribution is 0.413. The number of halogens is 1. The van der Waals surface area contributed by atoms with Crippen LogP contribution in [0, 0.1) is 5.82 Å². The number of pyridine rings is 2. The first-order valence-corrected chi connectivity index (χ1v) is 10.4. The van der Waals surface area contributed by atoms with Crippen LogP contribution in [-0.2, 0) is 0 Å². The van der Waals surface area contributed by atoms with E-state index < -0.39 is 0 Å². The number of fused-ring (bicyclic) bond motifs is 2. The summed E-state index contributed by atoms with van der Waals surface area (Å²) in [6.07, 6.45) is 5.16. The van der Waals surface area contributed by atoms with E-state index >= 15 is 0 Å². The average molecular weight is 435 g/mol. The van der Waals surface area contributed by atoms with Crippen molar-refractivity contribution in [3.8, 4) is 39.5 Å². The normalized spacial score (nSPS) is 11.3. The van der Waals surface area contributed by atoms with E-state index in [9.17, 15) is 4.39 Å². The van der Waals surface area contributed by atoms with Crippen LogP contribution in [0.1, 0.15) is 0 Å². The van der Waals surface area contributed by atoms with Gasteiger partial charge in [-0.15, -0.1) is 0 Å². The minimum atomic E-state index is -0.249. The first-order chi connectivity index (χ1) is 16.2. The summed E-state index contributed by atoms with van der Waals surface area (Å²) in [6.45, 7) is 0. The van der Waals surface area contributed by atoms with E-state index in [-0.39, 0.29) is 5.82 Å². The fourth-order valence-corrected chi connectivity index (χ4v) is 4.15. The molecular formula is C26H18FN5O. The second kappa shape index (κ2) is 7.56. The van der Waals surface area contributed by atoms with E-state index in [1.807, 2.05) is 42.5 Å². The molecule has 160 valence electrons. The molecule has 0 unspecified atom stereocenters. The lowest BCUT2D eigenvalue weighted by Gasteiger charge is -2.04. The van der Waals surface area contributed by atoms with Gasteiger partial charge in [-0.25, -0.2) is 4.39 Å². The molecular weight excluding hydrogens is 417 g/mol. The topological polar surface area (TPSA) is 79.5 Å². The molecule has 2 N–H and O–H groups in total. The third-order valence-electron chi connectivity index (χ3n) is 5.78. The summed E-state index contributed by atoms with van der Waals surface area (Å²) in [5.41, 5.74) is 6.34. The van der Waals surface area contributed by atoms with Gasteiger partial charge in [-0.3, -0.25) is 15.1 Å². The molecule has 0 aliphatic rings. The van der Waals surface area contributed by atoms with Crippen LogP contribution in [-0.4, -0.2) is 32.3 Å². The van der Waals surface area contributed by atoms with Crippen molar-refractivity contribution >= 4 is 21.8 Å². The van der Waals surface area contributed by atoms with Crippen molar-refractivity contribution in [2.24, 2.45) is 0 Å². The van der Waals surface area contributed by atoms with Crippen LogP contribution >= 0.6 is 0 Å². The summed E-state index contributed by atoms with van der Waals surface area (Å²) < 4.78 is 19.8. The van der Waals surface area contributed by atoms with Gasteiger partial charge in [-0.1, -0.05) is 30.3 Å². The van der Waals surface area contributed by atoms with Gasteiger partial charge in [0.2, 0.25) is 0 Å². The van der Waals surface area contributed by atoms with Crippen LogP contribution in [0.25, 0.3) is 55.6 Å². The number of aromatic amines is 2. The Morgan fingerprint density at radius 1 is 0.848 bits per heavy atom. The minimum Gasteiger partial charge on any atom is -0.495 e. The van der Waals surface area contributed by atoms with E-state index in [0.29, 0.717) is 11.3 Å². The number of nitrogens with one attached hydrogen (secondary N) is 2. The number of H-pyrrole nitrogens is 2. The molecule has 6 aromatic rings. The summed E-state index contributed by atoms with van der Waals surface area (Å²) in [7, 11) is 1.61. The Kier molecular flexibility index (Phi) is 4.40. The van der Waals surface area contributed by atoms with E-state index in [1.54, 1.807) is 37.8 Å². The molecule has 0 bridgehead atoms. The Labute approximate surface area is 188 Å². The van der Waals surface area contributed by atoms with Gasteiger partial charge in [0.1, 0.15) is 17.3 Å². The molecule has 0 fully saturated rings. The fraction of sp³-hybridized carbons (Fsp3) is 0.0385. The minimum absolute atomic E-state index is 0.249. The zero-order valence-corrected chi connectivity index (χ0v) is 17.6. The zero-order chi connectivity index (χ0) is 22.4. The van der Waals surface area contributed by atoms with Crippen LogP contribution in [0.15, 0.2) is 79.3 Å². The van der Waals surface area contributed by atoms with Crippen LogP contribution < -0.4 is 4.74 Å². The summed E-state index contributed by atoms with van der Waals surface area (Å²) in [6, 6.07) is 18.5. The Balaban J connectivity index is 1.50. The summed E-state index contributed by atoms with van der Waals surface area (Å²) in [4.78, 5) is 12.2. The monoisotopic (exact) mass is 435 g/mol. The Bertz CT molecular complexity index is 1640. The Hall–Kier alpha value is -4.52. The van der Waals surface area contributed by atoms with Gasteiger partial charge in [-0.2, -0.15) is 5.10 Å². The number of hydrogen-bond donors (Lipinski definition) is 2. The van der Waals surface area contributed by atoms with Crippen molar-refractivity contribution in [1.82, 2.24) is 25.1 Å². The molecule has 0 spiro atoms. The number of aromatic nitrogens is 5. The van der Waals surface area contributed by atoms with Gasteiger partial charge in [0.05, 0.1) is 36.4 Å². The molecule has 0 saturated carbocycles. The van der Waals surface area contributed by atoms with Crippen molar-refractivity contribution in [3.63, 3.8) is 0 Å². The molecule has 4 heterocycles. The second-order valence-corrected chi connectivity index (χ2v) is 7.73. The highest BCUT2D eigenvalue weighted by atomic mass is 19.1. The molecule has 0 saturated heterocycles. The van der Waals surface area contributed by atoms with Gasteiger partial charge in [0, 0.05) is 33.6 Å². The lowest BCUT2D eigenvalue weighted by atomic mass is 10.0. The molecule has 0 atom stereocenters. The van der Waals surface area contributed by atoms with Gasteiger partial charge in [0.25, 0.3) is 0 Å². The zero-order valence-electron chi connectivity index (χ0n) is 17.6. The van der Waals surface area contributed by atoms with Crippen molar-refractivity contribution in [3.05, 3.63) is 85.1 Å². The molecule has 0 aliphatic carbocycles. The smallest absolute Gasteiger partial charge is 0.137 e. The number of benzene rings is 2. The number of nitrogens with zero attached hydrogens (tertiary/aromatic N) is 3. The number of rotatable bonds is 4. The van der Waals surface area contributed by atoms with Crippen LogP contribution in [0.5, 0.6) is 5.75 Å². The molecule has 4 aromatic heterocycles. The lowest BCUT2D eigenvalue weighted by Crippen LogP contribution is -1.88. The molecule has 0 aliphatic heterocycles. The first kappa shape index (κ1) is 19.2. The standard InChI is InChI=1S/C26H18FN5O/c1-33-16-9-15(12-28-13-16)23-11-20-25(14-29-23)31-32-26(20)24-10-19-17(6-4-8-22(19)30-24)18-5-2-3-7-21(18)27/h2-14,30H,1H3,(H,31,32). The highest BCUT2D eigenvalue weighted by Crippen LogP contribution is 2.35. The molecule has 2 aromatic carbocycles. The van der Waals surface area contributed by atoms with Crippen molar-refractivity contribution in [2.45, 2.75) is 0 Å². The quantitative estimate of drug-likeness (QED) is 0.357. The Morgan fingerprint density at radius 3 is 2.61 bits per heavy atom. The fourth-order valence-electron chi connectivity index (χ4n) is 4.15. The van der Waals surface area contributed by atoms with Gasteiger partial charge >= 0.3 is 0 Å². The van der Waals surface area contributed by atoms with E-state index in [4.69, 9.17) is 4.74 Å². The number of hydrogen-bond acceptors (Lipinski definition) is 4. The second-order valence-electron chi connectivity index (χ2n) is 7.73. The van der Waals surface area contributed by atoms with Crippen molar-refractivity contribution in [2.75, 3.05) is 7.11 Å². The summed E-state index contributed by atoms with van der Waals surface area (Å²) in [5.74, 6) is 0.415. The molecule has 6 rings (SSSR count). The van der Waals surface area contributed by atoms with E-state index in [0.717, 1.165) is 50.0 Å². The van der Waals surface area contributed by atoms with Gasteiger partial charge < -0.3 is 9.72 Å². The maximum Gasteiger partial charge on any atom is 0.137 e. The van der Waals surface area contributed by atoms with E-state index in [2.05, 4.69) is 25.1 Å². The first-order valence-electron chi connectivity index (χ1n) is 10.4. The molecule has 0 radical (unpaired) electrons. The molecule has 0 amide bonds. The predicted molar refractivity (Wildman–Crippen MR) is 126 cm³/mol. The average Bonchev–Trinajstić information content (AvgIpc) is 3.48.